The monoisotopic (exact) mass is 454 g/mol. The van der Waals surface area contributed by atoms with Crippen LogP contribution in [-0.2, 0) is 6.61 Å². The maximum absolute atomic E-state index is 14.0. The van der Waals surface area contributed by atoms with Crippen LogP contribution in [0, 0.1) is 5.82 Å². The van der Waals surface area contributed by atoms with Crippen molar-refractivity contribution in [2.45, 2.75) is 6.61 Å². The number of rotatable bonds is 5. The standard InChI is InChI=1S/C23H16BrFO4/c1-27-20-11-10-14(12-17(20)24)22-23(28-13-15-6-2-4-8-18(15)25)21(26)16-7-3-5-9-19(16)29-22/h2-12H,13H2,1H3. The first-order valence-corrected chi connectivity index (χ1v) is 9.63. The average Bonchev–Trinajstić information content (AvgIpc) is 2.74. The maximum Gasteiger partial charge on any atom is 0.235 e. The van der Waals surface area contributed by atoms with Gasteiger partial charge in [-0.15, -0.1) is 0 Å². The van der Waals surface area contributed by atoms with Crippen molar-refractivity contribution in [2.24, 2.45) is 0 Å². The van der Waals surface area contributed by atoms with E-state index in [2.05, 4.69) is 15.9 Å². The summed E-state index contributed by atoms with van der Waals surface area (Å²) in [7, 11) is 1.57. The Morgan fingerprint density at radius 2 is 1.79 bits per heavy atom. The molecule has 0 saturated heterocycles. The number of para-hydroxylation sites is 1. The summed E-state index contributed by atoms with van der Waals surface area (Å²) in [6, 6.07) is 18.5. The Morgan fingerprint density at radius 1 is 1.03 bits per heavy atom. The zero-order valence-corrected chi connectivity index (χ0v) is 17.0. The second-order valence-electron chi connectivity index (χ2n) is 6.32. The summed E-state index contributed by atoms with van der Waals surface area (Å²) in [5, 5.41) is 0.396. The van der Waals surface area contributed by atoms with E-state index in [-0.39, 0.29) is 23.5 Å². The summed E-state index contributed by atoms with van der Waals surface area (Å²) in [6.45, 7) is -0.0971. The third kappa shape index (κ3) is 3.76. The molecule has 6 heteroatoms. The Labute approximate surface area is 174 Å². The molecule has 3 aromatic carbocycles. The third-order valence-corrected chi connectivity index (χ3v) is 5.12. The van der Waals surface area contributed by atoms with Crippen molar-refractivity contribution in [2.75, 3.05) is 7.11 Å². The highest BCUT2D eigenvalue weighted by atomic mass is 79.9. The SMILES string of the molecule is COc1ccc(-c2oc3ccccc3c(=O)c2OCc2ccccc2F)cc1Br. The molecule has 0 aliphatic heterocycles. The third-order valence-electron chi connectivity index (χ3n) is 4.50. The fourth-order valence-electron chi connectivity index (χ4n) is 3.02. The van der Waals surface area contributed by atoms with Gasteiger partial charge in [0.1, 0.15) is 23.8 Å². The molecule has 0 unspecified atom stereocenters. The molecule has 0 N–H and O–H groups in total. The van der Waals surface area contributed by atoms with E-state index >= 15 is 0 Å². The van der Waals surface area contributed by atoms with Gasteiger partial charge in [0.2, 0.25) is 11.2 Å². The smallest absolute Gasteiger partial charge is 0.235 e. The fraction of sp³-hybridized carbons (Fsp3) is 0.0870. The summed E-state index contributed by atoms with van der Waals surface area (Å²) in [4.78, 5) is 13.1. The fourth-order valence-corrected chi connectivity index (χ4v) is 3.56. The minimum atomic E-state index is -0.397. The minimum Gasteiger partial charge on any atom is -0.496 e. The Balaban J connectivity index is 1.86. The van der Waals surface area contributed by atoms with Crippen molar-refractivity contribution in [3.05, 3.63) is 92.8 Å². The van der Waals surface area contributed by atoms with Gasteiger partial charge in [0.25, 0.3) is 0 Å². The highest BCUT2D eigenvalue weighted by Crippen LogP contribution is 2.35. The molecule has 0 aliphatic rings. The predicted molar refractivity (Wildman–Crippen MR) is 113 cm³/mol. The Hall–Kier alpha value is -3.12. The summed E-state index contributed by atoms with van der Waals surface area (Å²) in [5.74, 6) is 0.551. The Kier molecular flexibility index (Phi) is 5.36. The summed E-state index contributed by atoms with van der Waals surface area (Å²) < 4.78 is 31.8. The minimum absolute atomic E-state index is 0.0315. The van der Waals surface area contributed by atoms with Crippen LogP contribution >= 0.6 is 15.9 Å². The molecular weight excluding hydrogens is 439 g/mol. The first kappa shape index (κ1) is 19.2. The summed E-state index contributed by atoms with van der Waals surface area (Å²) >= 11 is 3.45. The molecule has 1 heterocycles. The Bertz CT molecular complexity index is 1250. The molecule has 0 amide bonds. The number of hydrogen-bond donors (Lipinski definition) is 0. The predicted octanol–water partition coefficient (Wildman–Crippen LogP) is 5.95. The van der Waals surface area contributed by atoms with Gasteiger partial charge in [-0.05, 0) is 52.3 Å². The molecule has 4 rings (SSSR count). The summed E-state index contributed by atoms with van der Waals surface area (Å²) in [5.41, 5.74) is 1.11. The van der Waals surface area contributed by atoms with E-state index in [1.54, 1.807) is 67.8 Å². The van der Waals surface area contributed by atoms with E-state index in [1.807, 2.05) is 0 Å². The van der Waals surface area contributed by atoms with E-state index in [1.165, 1.54) is 6.07 Å². The van der Waals surface area contributed by atoms with Crippen LogP contribution < -0.4 is 14.9 Å². The first-order valence-electron chi connectivity index (χ1n) is 8.84. The van der Waals surface area contributed by atoms with Gasteiger partial charge in [0.05, 0.1) is 17.0 Å². The van der Waals surface area contributed by atoms with Gasteiger partial charge in [0.15, 0.2) is 5.76 Å². The largest absolute Gasteiger partial charge is 0.496 e. The lowest BCUT2D eigenvalue weighted by Gasteiger charge is -2.13. The van der Waals surface area contributed by atoms with E-state index in [0.717, 1.165) is 0 Å². The van der Waals surface area contributed by atoms with Crippen molar-refractivity contribution in [3.63, 3.8) is 0 Å². The molecule has 0 radical (unpaired) electrons. The number of halogens is 2. The second-order valence-corrected chi connectivity index (χ2v) is 7.17. The van der Waals surface area contributed by atoms with Gasteiger partial charge in [-0.25, -0.2) is 4.39 Å². The first-order chi connectivity index (χ1) is 14.1. The highest BCUT2D eigenvalue weighted by Gasteiger charge is 2.19. The van der Waals surface area contributed by atoms with Crippen LogP contribution in [0.15, 0.2) is 80.4 Å². The number of methoxy groups -OCH3 is 1. The highest BCUT2D eigenvalue weighted by molar-refractivity contribution is 9.10. The lowest BCUT2D eigenvalue weighted by atomic mass is 10.1. The quantitative estimate of drug-likeness (QED) is 0.373. The van der Waals surface area contributed by atoms with Gasteiger partial charge in [-0.3, -0.25) is 4.79 Å². The van der Waals surface area contributed by atoms with Crippen LogP contribution in [0.4, 0.5) is 4.39 Å². The number of ether oxygens (including phenoxy) is 2. The topological polar surface area (TPSA) is 48.7 Å². The molecule has 29 heavy (non-hydrogen) atoms. The van der Waals surface area contributed by atoms with Gasteiger partial charge >= 0.3 is 0 Å². The molecule has 4 nitrogen and oxygen atoms in total. The molecule has 0 atom stereocenters. The Morgan fingerprint density at radius 3 is 2.55 bits per heavy atom. The normalized spacial score (nSPS) is 10.9. The lowest BCUT2D eigenvalue weighted by Crippen LogP contribution is -2.11. The molecular formula is C23H16BrFO4. The second kappa shape index (κ2) is 8.09. The van der Waals surface area contributed by atoms with Crippen LogP contribution in [0.2, 0.25) is 0 Å². The van der Waals surface area contributed by atoms with Crippen molar-refractivity contribution in [1.82, 2.24) is 0 Å². The van der Waals surface area contributed by atoms with Crippen LogP contribution in [-0.4, -0.2) is 7.11 Å². The molecule has 146 valence electrons. The van der Waals surface area contributed by atoms with Crippen molar-refractivity contribution < 1.29 is 18.3 Å². The van der Waals surface area contributed by atoms with Gasteiger partial charge in [0, 0.05) is 11.1 Å². The lowest BCUT2D eigenvalue weighted by molar-refractivity contribution is 0.292. The van der Waals surface area contributed by atoms with Crippen LogP contribution in [0.5, 0.6) is 11.5 Å². The van der Waals surface area contributed by atoms with Crippen LogP contribution in [0.1, 0.15) is 5.56 Å². The average molecular weight is 455 g/mol. The molecule has 4 aromatic rings. The van der Waals surface area contributed by atoms with Crippen LogP contribution in [0.25, 0.3) is 22.3 Å². The summed E-state index contributed by atoms with van der Waals surface area (Å²) in [6.07, 6.45) is 0. The van der Waals surface area contributed by atoms with E-state index < -0.39 is 5.82 Å². The number of benzene rings is 3. The van der Waals surface area contributed by atoms with Crippen molar-refractivity contribution >= 4 is 26.9 Å². The van der Waals surface area contributed by atoms with Gasteiger partial charge in [-0.2, -0.15) is 0 Å². The van der Waals surface area contributed by atoms with Crippen LogP contribution in [0.3, 0.4) is 0 Å². The zero-order valence-electron chi connectivity index (χ0n) is 15.4. The van der Waals surface area contributed by atoms with Gasteiger partial charge in [-0.1, -0.05) is 30.3 Å². The maximum atomic E-state index is 14.0. The zero-order chi connectivity index (χ0) is 20.4. The van der Waals surface area contributed by atoms with E-state index in [0.29, 0.717) is 32.3 Å². The van der Waals surface area contributed by atoms with E-state index in [4.69, 9.17) is 13.9 Å². The molecule has 0 saturated carbocycles. The van der Waals surface area contributed by atoms with Crippen molar-refractivity contribution in [1.29, 1.82) is 0 Å². The molecule has 0 spiro atoms. The molecule has 1 aromatic heterocycles. The number of hydrogen-bond acceptors (Lipinski definition) is 4. The molecule has 0 fully saturated rings. The van der Waals surface area contributed by atoms with E-state index in [9.17, 15) is 9.18 Å². The van der Waals surface area contributed by atoms with Crippen molar-refractivity contribution in [3.8, 4) is 22.8 Å². The molecule has 0 aliphatic carbocycles. The molecule has 0 bridgehead atoms. The van der Waals surface area contributed by atoms with Gasteiger partial charge < -0.3 is 13.9 Å². The number of fused-ring (bicyclic) bond motifs is 1.